The maximum atomic E-state index is 4.60. The number of rotatable bonds is 12. The first kappa shape index (κ1) is 53.0. The third-order valence-electron chi connectivity index (χ3n) is 12.5. The van der Waals surface area contributed by atoms with Gasteiger partial charge in [-0.2, -0.15) is 0 Å². The Bertz CT molecular complexity index is 2600. The average molecular weight is 1100 g/mol. The zero-order valence-electron chi connectivity index (χ0n) is 43.1. The molecule has 360 valence electrons. The molecule has 3 aromatic heterocycles. The van der Waals surface area contributed by atoms with Crippen LogP contribution in [0.4, 0.5) is 0 Å². The van der Waals surface area contributed by atoms with Gasteiger partial charge in [0.25, 0.3) is 0 Å². The first-order chi connectivity index (χ1) is 33.3. The molecule has 7 heteroatoms. The minimum Gasteiger partial charge on any atom is -0.340 e. The predicted octanol–water partition coefficient (Wildman–Crippen LogP) is 16.8. The van der Waals surface area contributed by atoms with Gasteiger partial charge in [0.05, 0.1) is 17.5 Å². The van der Waals surface area contributed by atoms with Crippen molar-refractivity contribution in [2.45, 2.75) is 119 Å². The van der Waals surface area contributed by atoms with Crippen LogP contribution in [0.2, 0.25) is 0 Å². The van der Waals surface area contributed by atoms with Gasteiger partial charge in [-0.3, -0.25) is 15.0 Å². The molecule has 9 aromatic rings. The summed E-state index contributed by atoms with van der Waals surface area (Å²) in [6, 6.07) is 53.8. The number of nitrogens with zero attached hydrogens (tertiary/aromatic N) is 6. The van der Waals surface area contributed by atoms with Crippen LogP contribution in [0, 0.1) is 18.2 Å². The molecule has 70 heavy (non-hydrogen) atoms. The summed E-state index contributed by atoms with van der Waals surface area (Å²) < 4.78 is 6.66. The summed E-state index contributed by atoms with van der Waals surface area (Å²) in [7, 11) is 0. The van der Waals surface area contributed by atoms with Crippen LogP contribution in [0.1, 0.15) is 152 Å². The molecule has 0 saturated heterocycles. The molecule has 0 fully saturated rings. The largest absolute Gasteiger partial charge is 3.00 e. The van der Waals surface area contributed by atoms with Crippen LogP contribution < -0.4 is 0 Å². The van der Waals surface area contributed by atoms with Gasteiger partial charge in [-0.25, -0.2) is 0 Å². The van der Waals surface area contributed by atoms with E-state index in [1.165, 1.54) is 50.4 Å². The van der Waals surface area contributed by atoms with Crippen LogP contribution in [0.3, 0.4) is 0 Å². The summed E-state index contributed by atoms with van der Waals surface area (Å²) in [5.74, 6) is 5.58. The van der Waals surface area contributed by atoms with Crippen molar-refractivity contribution in [2.24, 2.45) is 0 Å². The van der Waals surface area contributed by atoms with E-state index >= 15 is 0 Å². The summed E-state index contributed by atoms with van der Waals surface area (Å²) in [5, 5.41) is 0. The van der Waals surface area contributed by atoms with Gasteiger partial charge in [0.15, 0.2) is 0 Å². The Morgan fingerprint density at radius 2 is 0.543 bits per heavy atom. The molecular weight excluding hydrogens is 1030 g/mol. The number of benzene rings is 6. The summed E-state index contributed by atoms with van der Waals surface area (Å²) in [6.45, 7) is 26.9. The second-order valence-electron chi connectivity index (χ2n) is 19.5. The molecule has 6 aromatic carbocycles. The average Bonchev–Trinajstić information content (AvgIpc) is 4.17. The van der Waals surface area contributed by atoms with Crippen LogP contribution >= 0.6 is 0 Å². The van der Waals surface area contributed by atoms with Crippen LogP contribution in [0.15, 0.2) is 165 Å². The Labute approximate surface area is 432 Å². The molecule has 0 aliphatic carbocycles. The molecule has 9 rings (SSSR count). The molecule has 0 atom stereocenters. The second kappa shape index (κ2) is 24.4. The van der Waals surface area contributed by atoms with Crippen molar-refractivity contribution in [2.75, 3.05) is 0 Å². The fourth-order valence-corrected chi connectivity index (χ4v) is 9.02. The van der Waals surface area contributed by atoms with Crippen LogP contribution in [0.5, 0.6) is 0 Å². The molecule has 0 bridgehead atoms. The van der Waals surface area contributed by atoms with Crippen molar-refractivity contribution >= 4 is 0 Å². The summed E-state index contributed by atoms with van der Waals surface area (Å²) in [4.78, 5) is 13.8. The second-order valence-corrected chi connectivity index (χ2v) is 19.5. The van der Waals surface area contributed by atoms with E-state index in [9.17, 15) is 0 Å². The van der Waals surface area contributed by atoms with Gasteiger partial charge >= 0.3 is 20.1 Å². The van der Waals surface area contributed by atoms with Gasteiger partial charge in [-0.05, 0) is 68.9 Å². The first-order valence-corrected chi connectivity index (χ1v) is 24.7. The maximum Gasteiger partial charge on any atom is 3.00 e. The minimum atomic E-state index is 0. The van der Waals surface area contributed by atoms with Crippen LogP contribution in [-0.2, 0) is 20.1 Å². The van der Waals surface area contributed by atoms with Gasteiger partial charge in [-0.1, -0.05) is 138 Å². The van der Waals surface area contributed by atoms with Gasteiger partial charge in [-0.15, -0.1) is 108 Å². The molecule has 6 nitrogen and oxygen atoms in total. The summed E-state index contributed by atoms with van der Waals surface area (Å²) >= 11 is 0. The molecule has 0 spiro atoms. The van der Waals surface area contributed by atoms with Crippen molar-refractivity contribution in [3.63, 3.8) is 0 Å². The van der Waals surface area contributed by atoms with Crippen molar-refractivity contribution in [1.29, 1.82) is 0 Å². The van der Waals surface area contributed by atoms with E-state index in [1.807, 2.05) is 73.2 Å². The smallest absolute Gasteiger partial charge is 0.340 e. The van der Waals surface area contributed by atoms with Gasteiger partial charge < -0.3 is 13.7 Å². The van der Waals surface area contributed by atoms with Crippen LogP contribution in [-0.4, -0.2) is 28.7 Å². The van der Waals surface area contributed by atoms with E-state index in [0.29, 0.717) is 35.5 Å². The van der Waals surface area contributed by atoms with E-state index in [-0.39, 0.29) is 20.1 Å². The molecule has 0 saturated carbocycles. The molecule has 0 aliphatic rings. The molecule has 0 unspecified atom stereocenters. The molecule has 3 heterocycles. The van der Waals surface area contributed by atoms with E-state index in [1.54, 1.807) is 0 Å². The van der Waals surface area contributed by atoms with Gasteiger partial charge in [0, 0.05) is 54.2 Å². The zero-order valence-corrected chi connectivity index (χ0v) is 45.5. The van der Waals surface area contributed by atoms with Gasteiger partial charge in [0.2, 0.25) is 0 Å². The van der Waals surface area contributed by atoms with Crippen LogP contribution in [0.25, 0.3) is 51.2 Å². The van der Waals surface area contributed by atoms with Crippen molar-refractivity contribution in [3.05, 3.63) is 216 Å². The standard InChI is InChI=1S/3C21H23N2.Ir/c3*1-15(2)18-11-8-12-19(16(3)4)20(18)23-14-13-22-21(23)17-9-6-5-7-10-17;/h3*5-9,11-16H,1-4H3;/q3*-1;+3. The van der Waals surface area contributed by atoms with Crippen molar-refractivity contribution in [3.8, 4) is 51.2 Å². The molecular formula is C63H69IrN6. The Morgan fingerprint density at radius 3 is 0.729 bits per heavy atom. The SMILES string of the molecule is CC(C)c1cccc(C(C)C)c1-n1ccnc1-c1[c-]cccc1.CC(C)c1cccc(C(C)C)c1-n1ccnc1-c1[c-]cccc1.CC(C)c1cccc(C(C)C)c1-n1ccnc1-c1[c-]cccc1.[Ir+3]. The quantitative estimate of drug-likeness (QED) is 0.115. The van der Waals surface area contributed by atoms with Crippen molar-refractivity contribution < 1.29 is 20.1 Å². The van der Waals surface area contributed by atoms with Gasteiger partial charge in [0.1, 0.15) is 0 Å². The normalized spacial score (nSPS) is 11.2. The number of hydrogen-bond donors (Lipinski definition) is 0. The Hall–Kier alpha value is -6.40. The summed E-state index contributed by atoms with van der Waals surface area (Å²) in [6.07, 6.45) is 11.8. The Kier molecular flexibility index (Phi) is 18.5. The Morgan fingerprint density at radius 1 is 0.314 bits per heavy atom. The minimum absolute atomic E-state index is 0. The topological polar surface area (TPSA) is 53.5 Å². The summed E-state index contributed by atoms with van der Waals surface area (Å²) in [5.41, 5.74) is 15.0. The van der Waals surface area contributed by atoms with E-state index < -0.39 is 0 Å². The number of para-hydroxylation sites is 3. The van der Waals surface area contributed by atoms with E-state index in [2.05, 4.69) is 221 Å². The predicted molar refractivity (Wildman–Crippen MR) is 288 cm³/mol. The van der Waals surface area contributed by atoms with Crippen molar-refractivity contribution in [1.82, 2.24) is 28.7 Å². The molecule has 0 amide bonds. The van der Waals surface area contributed by atoms with E-state index in [0.717, 1.165) is 34.2 Å². The number of hydrogen-bond acceptors (Lipinski definition) is 3. The van der Waals surface area contributed by atoms with E-state index in [4.69, 9.17) is 0 Å². The third-order valence-corrected chi connectivity index (χ3v) is 12.5. The molecule has 0 N–H and O–H groups in total. The molecule has 0 aliphatic heterocycles. The monoisotopic (exact) mass is 1100 g/mol. The third kappa shape index (κ3) is 11.9. The number of aromatic nitrogens is 6. The Balaban J connectivity index is 0.000000171. The fraction of sp³-hybridized carbons (Fsp3) is 0.286. The zero-order chi connectivity index (χ0) is 49.2. The fourth-order valence-electron chi connectivity index (χ4n) is 9.02. The maximum absolute atomic E-state index is 4.60. The number of imidazole rings is 3. The first-order valence-electron chi connectivity index (χ1n) is 24.7. The molecule has 0 radical (unpaired) electrons.